The highest BCUT2D eigenvalue weighted by Gasteiger charge is 2.21. The van der Waals surface area contributed by atoms with Crippen LogP contribution in [0.1, 0.15) is 19.5 Å². The zero-order valence-corrected chi connectivity index (χ0v) is 19.5. The van der Waals surface area contributed by atoms with Gasteiger partial charge in [-0.05, 0) is 38.1 Å². The van der Waals surface area contributed by atoms with Crippen molar-refractivity contribution in [2.24, 2.45) is 0 Å². The van der Waals surface area contributed by atoms with Gasteiger partial charge in [0.25, 0.3) is 0 Å². The minimum Gasteiger partial charge on any atom is -0.354 e. The molecular weight excluding hydrogens is 452 g/mol. The Morgan fingerprint density at radius 1 is 1.09 bits per heavy atom. The molecule has 1 fully saturated rings. The second kappa shape index (κ2) is 9.39. The number of aromatic nitrogens is 5. The topological polar surface area (TPSA) is 109 Å². The maximum Gasteiger partial charge on any atom is 0.236 e. The second-order valence-corrected chi connectivity index (χ2v) is 10.5. The van der Waals surface area contributed by atoms with E-state index in [4.69, 9.17) is 11.6 Å². The lowest BCUT2D eigenvalue weighted by molar-refractivity contribution is 0.246. The number of nitrogens with one attached hydrogen (secondary N) is 1. The van der Waals surface area contributed by atoms with Crippen LogP contribution in [-0.4, -0.2) is 69.7 Å². The van der Waals surface area contributed by atoms with Crippen molar-refractivity contribution >= 4 is 33.3 Å². The maximum atomic E-state index is 12.1. The molecule has 0 atom stereocenters. The van der Waals surface area contributed by atoms with Gasteiger partial charge in [0, 0.05) is 38.9 Å². The molecule has 0 radical (unpaired) electrons. The summed E-state index contributed by atoms with van der Waals surface area (Å²) in [5.74, 6) is 1.76. The number of sulfonamides is 1. The van der Waals surface area contributed by atoms with E-state index in [0.29, 0.717) is 23.2 Å². The molecule has 4 heterocycles. The van der Waals surface area contributed by atoms with E-state index in [2.05, 4.69) is 34.8 Å². The van der Waals surface area contributed by atoms with Crippen LogP contribution in [-0.2, 0) is 16.6 Å². The molecule has 3 aromatic rings. The summed E-state index contributed by atoms with van der Waals surface area (Å²) < 4.78 is 28.4. The van der Waals surface area contributed by atoms with Crippen molar-refractivity contribution in [1.29, 1.82) is 0 Å². The van der Waals surface area contributed by atoms with Gasteiger partial charge in [-0.3, -0.25) is 9.62 Å². The summed E-state index contributed by atoms with van der Waals surface area (Å²) in [7, 11) is -3.43. The van der Waals surface area contributed by atoms with E-state index >= 15 is 0 Å². The SMILES string of the molecule is CC(C)S(=O)(=O)Nc1cccc(N2CCN(Cc3cn(-c4ccc(Cl)cn4)nn3)CC2)n1. The van der Waals surface area contributed by atoms with Gasteiger partial charge < -0.3 is 4.90 Å². The van der Waals surface area contributed by atoms with Crippen LogP contribution >= 0.6 is 11.6 Å². The Hall–Kier alpha value is -2.76. The number of halogens is 1. The third-order valence-corrected chi connectivity index (χ3v) is 7.13. The Labute approximate surface area is 192 Å². The Bertz CT molecular complexity index is 1160. The molecule has 32 heavy (non-hydrogen) atoms. The summed E-state index contributed by atoms with van der Waals surface area (Å²) in [6.07, 6.45) is 3.45. The fraction of sp³-hybridized carbons (Fsp3) is 0.400. The quantitative estimate of drug-likeness (QED) is 0.552. The molecule has 0 saturated carbocycles. The van der Waals surface area contributed by atoms with Crippen molar-refractivity contribution in [3.05, 3.63) is 53.4 Å². The van der Waals surface area contributed by atoms with Crippen molar-refractivity contribution in [2.75, 3.05) is 35.8 Å². The van der Waals surface area contributed by atoms with E-state index in [-0.39, 0.29) is 0 Å². The molecule has 1 aliphatic rings. The predicted octanol–water partition coefficient (Wildman–Crippen LogP) is 2.18. The minimum atomic E-state index is -3.43. The highest BCUT2D eigenvalue weighted by atomic mass is 35.5. The number of anilines is 2. The molecule has 0 unspecified atom stereocenters. The highest BCUT2D eigenvalue weighted by Crippen LogP contribution is 2.19. The summed E-state index contributed by atoms with van der Waals surface area (Å²) in [6, 6.07) is 8.94. The lowest BCUT2D eigenvalue weighted by Gasteiger charge is -2.35. The molecule has 1 aliphatic heterocycles. The van der Waals surface area contributed by atoms with Crippen LogP contribution in [0.4, 0.5) is 11.6 Å². The van der Waals surface area contributed by atoms with Gasteiger partial charge in [0.2, 0.25) is 10.0 Å². The molecule has 1 saturated heterocycles. The molecule has 0 amide bonds. The molecular formula is C20H25ClN8O2S. The molecule has 3 aromatic heterocycles. The van der Waals surface area contributed by atoms with E-state index < -0.39 is 15.3 Å². The van der Waals surface area contributed by atoms with Gasteiger partial charge in [-0.25, -0.2) is 23.1 Å². The maximum absolute atomic E-state index is 12.1. The average Bonchev–Trinajstić information content (AvgIpc) is 3.23. The molecule has 0 aromatic carbocycles. The van der Waals surface area contributed by atoms with Crippen LogP contribution in [0.15, 0.2) is 42.7 Å². The van der Waals surface area contributed by atoms with Gasteiger partial charge in [-0.1, -0.05) is 22.9 Å². The monoisotopic (exact) mass is 476 g/mol. The Morgan fingerprint density at radius 3 is 2.56 bits per heavy atom. The summed E-state index contributed by atoms with van der Waals surface area (Å²) in [4.78, 5) is 13.2. The highest BCUT2D eigenvalue weighted by molar-refractivity contribution is 7.93. The molecule has 1 N–H and O–H groups in total. The molecule has 12 heteroatoms. The van der Waals surface area contributed by atoms with Crippen LogP contribution in [0.2, 0.25) is 5.02 Å². The number of piperazine rings is 1. The van der Waals surface area contributed by atoms with Gasteiger partial charge in [0.1, 0.15) is 11.6 Å². The lowest BCUT2D eigenvalue weighted by Crippen LogP contribution is -2.46. The minimum absolute atomic E-state index is 0.339. The number of rotatable bonds is 7. The third-order valence-electron chi connectivity index (χ3n) is 5.17. The fourth-order valence-corrected chi connectivity index (χ4v) is 4.02. The van der Waals surface area contributed by atoms with Crippen molar-refractivity contribution < 1.29 is 8.42 Å². The first-order valence-electron chi connectivity index (χ1n) is 10.3. The van der Waals surface area contributed by atoms with E-state index in [9.17, 15) is 8.42 Å². The predicted molar refractivity (Wildman–Crippen MR) is 124 cm³/mol. The van der Waals surface area contributed by atoms with Crippen molar-refractivity contribution in [1.82, 2.24) is 29.9 Å². The normalized spacial score (nSPS) is 15.3. The largest absolute Gasteiger partial charge is 0.354 e. The second-order valence-electron chi connectivity index (χ2n) is 7.83. The smallest absolute Gasteiger partial charge is 0.236 e. The lowest BCUT2D eigenvalue weighted by atomic mass is 10.3. The van der Waals surface area contributed by atoms with Crippen LogP contribution in [0.3, 0.4) is 0 Å². The molecule has 0 bridgehead atoms. The number of pyridine rings is 2. The Kier molecular flexibility index (Phi) is 6.58. The summed E-state index contributed by atoms with van der Waals surface area (Å²) in [5.41, 5.74) is 0.860. The van der Waals surface area contributed by atoms with Crippen LogP contribution in [0.25, 0.3) is 5.82 Å². The van der Waals surface area contributed by atoms with E-state index in [0.717, 1.165) is 37.7 Å². The van der Waals surface area contributed by atoms with Gasteiger partial charge in [-0.2, -0.15) is 0 Å². The van der Waals surface area contributed by atoms with Crippen molar-refractivity contribution in [2.45, 2.75) is 25.6 Å². The fourth-order valence-electron chi connectivity index (χ4n) is 3.27. The molecule has 4 rings (SSSR count). The van der Waals surface area contributed by atoms with Crippen LogP contribution in [0, 0.1) is 0 Å². The first kappa shape index (κ1) is 22.4. The molecule has 0 spiro atoms. The van der Waals surface area contributed by atoms with Gasteiger partial charge in [0.15, 0.2) is 5.82 Å². The average molecular weight is 477 g/mol. The summed E-state index contributed by atoms with van der Waals surface area (Å²) in [6.45, 7) is 7.17. The molecule has 10 nitrogen and oxygen atoms in total. The number of hydrogen-bond acceptors (Lipinski definition) is 8. The zero-order chi connectivity index (χ0) is 22.7. The number of hydrogen-bond donors (Lipinski definition) is 1. The van der Waals surface area contributed by atoms with E-state index in [1.807, 2.05) is 18.3 Å². The Morgan fingerprint density at radius 2 is 1.88 bits per heavy atom. The first-order valence-corrected chi connectivity index (χ1v) is 12.2. The first-order chi connectivity index (χ1) is 15.3. The van der Waals surface area contributed by atoms with E-state index in [1.54, 1.807) is 42.9 Å². The molecule has 170 valence electrons. The van der Waals surface area contributed by atoms with Gasteiger partial charge in [-0.15, -0.1) is 5.10 Å². The van der Waals surface area contributed by atoms with Crippen LogP contribution in [0.5, 0.6) is 0 Å². The Balaban J connectivity index is 1.34. The van der Waals surface area contributed by atoms with E-state index in [1.165, 1.54) is 0 Å². The van der Waals surface area contributed by atoms with Gasteiger partial charge in [0.05, 0.1) is 22.2 Å². The van der Waals surface area contributed by atoms with Gasteiger partial charge >= 0.3 is 0 Å². The third kappa shape index (κ3) is 5.34. The zero-order valence-electron chi connectivity index (χ0n) is 17.9. The summed E-state index contributed by atoms with van der Waals surface area (Å²) in [5, 5.41) is 8.46. The summed E-state index contributed by atoms with van der Waals surface area (Å²) >= 11 is 5.89. The van der Waals surface area contributed by atoms with Crippen LogP contribution < -0.4 is 9.62 Å². The van der Waals surface area contributed by atoms with Crippen molar-refractivity contribution in [3.63, 3.8) is 0 Å². The standard InChI is InChI=1S/C20H25ClN8O2S/c1-15(2)32(30,31)25-18-4-3-5-20(23-18)28-10-8-27(9-11-28)13-17-14-29(26-24-17)19-7-6-16(21)12-22-19/h3-7,12,14-15H,8-11,13H2,1-2H3,(H,23,25). The van der Waals surface area contributed by atoms with Crippen molar-refractivity contribution in [3.8, 4) is 5.82 Å². The number of nitrogens with zero attached hydrogens (tertiary/aromatic N) is 7. The molecule has 0 aliphatic carbocycles.